The van der Waals surface area contributed by atoms with Crippen molar-refractivity contribution < 1.29 is 5.11 Å². The van der Waals surface area contributed by atoms with E-state index in [2.05, 4.69) is 24.1 Å². The molecule has 1 aromatic rings. The van der Waals surface area contributed by atoms with Crippen molar-refractivity contribution in [3.8, 4) is 5.75 Å². The second-order valence-corrected chi connectivity index (χ2v) is 4.25. The molecular weight excluding hydrogens is 222 g/mol. The molecule has 0 fully saturated rings. The zero-order valence-corrected chi connectivity index (χ0v) is 10.7. The maximum absolute atomic E-state index is 9.39. The van der Waals surface area contributed by atoms with Crippen LogP contribution in [-0.4, -0.2) is 10.8 Å². The molecule has 1 aliphatic rings. The number of allylic oxidation sites excluding steroid dienone is 6. The van der Waals surface area contributed by atoms with Crippen molar-refractivity contribution in [2.75, 3.05) is 0 Å². The summed E-state index contributed by atoms with van der Waals surface area (Å²) < 4.78 is 0. The van der Waals surface area contributed by atoms with Crippen molar-refractivity contribution in [2.45, 2.75) is 20.3 Å². The highest BCUT2D eigenvalue weighted by molar-refractivity contribution is 6.12. The molecular formula is C16H17NO. The summed E-state index contributed by atoms with van der Waals surface area (Å²) in [5.74, 6) is 0.278. The molecule has 1 aromatic carbocycles. The molecule has 18 heavy (non-hydrogen) atoms. The highest BCUT2D eigenvalue weighted by Crippen LogP contribution is 2.24. The van der Waals surface area contributed by atoms with Gasteiger partial charge < -0.3 is 5.11 Å². The fourth-order valence-electron chi connectivity index (χ4n) is 1.88. The number of hydrogen-bond donors (Lipinski definition) is 1. The fourth-order valence-corrected chi connectivity index (χ4v) is 1.88. The van der Waals surface area contributed by atoms with Gasteiger partial charge in [-0.3, -0.25) is 0 Å². The third kappa shape index (κ3) is 2.77. The molecule has 0 radical (unpaired) electrons. The van der Waals surface area contributed by atoms with Gasteiger partial charge in [-0.1, -0.05) is 31.2 Å². The van der Waals surface area contributed by atoms with Crippen molar-refractivity contribution in [1.29, 1.82) is 0 Å². The molecule has 0 amide bonds. The normalized spacial score (nSPS) is 18.8. The lowest BCUT2D eigenvalue weighted by molar-refractivity contribution is 0.475. The Hall–Kier alpha value is -2.09. The molecule has 2 heteroatoms. The zero-order chi connectivity index (χ0) is 13.0. The minimum atomic E-state index is 0.278. The van der Waals surface area contributed by atoms with Crippen LogP contribution in [0, 0.1) is 6.92 Å². The Balaban J connectivity index is 2.40. The van der Waals surface area contributed by atoms with Crippen LogP contribution in [0.1, 0.15) is 18.9 Å². The van der Waals surface area contributed by atoms with E-state index in [1.807, 2.05) is 31.2 Å². The summed E-state index contributed by atoms with van der Waals surface area (Å²) >= 11 is 0. The first-order chi connectivity index (χ1) is 8.70. The van der Waals surface area contributed by atoms with E-state index < -0.39 is 0 Å². The third-order valence-corrected chi connectivity index (χ3v) is 2.78. The van der Waals surface area contributed by atoms with Gasteiger partial charge in [0.1, 0.15) is 5.75 Å². The van der Waals surface area contributed by atoms with Crippen LogP contribution < -0.4 is 0 Å². The van der Waals surface area contributed by atoms with Gasteiger partial charge >= 0.3 is 0 Å². The SMILES string of the molecule is CC/C=C1\C=CC=CC1=Nc1ccc(O)cc1C. The Kier molecular flexibility index (Phi) is 3.78. The van der Waals surface area contributed by atoms with Crippen LogP contribution in [0.5, 0.6) is 5.75 Å². The van der Waals surface area contributed by atoms with Gasteiger partial charge in [0.15, 0.2) is 0 Å². The van der Waals surface area contributed by atoms with Gasteiger partial charge in [0, 0.05) is 0 Å². The highest BCUT2D eigenvalue weighted by Gasteiger charge is 2.05. The number of phenolic OH excluding ortho intramolecular Hbond substituents is 1. The first-order valence-corrected chi connectivity index (χ1v) is 6.14. The average molecular weight is 239 g/mol. The predicted octanol–water partition coefficient (Wildman–Crippen LogP) is 4.24. The molecule has 1 aliphatic carbocycles. The average Bonchev–Trinajstić information content (AvgIpc) is 2.35. The lowest BCUT2D eigenvalue weighted by Crippen LogP contribution is -1.99. The monoisotopic (exact) mass is 239 g/mol. The van der Waals surface area contributed by atoms with Crippen molar-refractivity contribution in [3.05, 3.63) is 59.7 Å². The van der Waals surface area contributed by atoms with Crippen LogP contribution in [0.15, 0.2) is 59.1 Å². The van der Waals surface area contributed by atoms with E-state index in [0.717, 1.165) is 29.0 Å². The summed E-state index contributed by atoms with van der Waals surface area (Å²) in [6.45, 7) is 4.06. The second kappa shape index (κ2) is 5.50. The molecule has 0 atom stereocenters. The molecule has 0 aliphatic heterocycles. The molecule has 0 bridgehead atoms. The van der Waals surface area contributed by atoms with E-state index in [-0.39, 0.29) is 5.75 Å². The quantitative estimate of drug-likeness (QED) is 0.822. The minimum absolute atomic E-state index is 0.278. The first-order valence-electron chi connectivity index (χ1n) is 6.14. The smallest absolute Gasteiger partial charge is 0.115 e. The summed E-state index contributed by atoms with van der Waals surface area (Å²) in [6, 6.07) is 5.23. The number of aryl methyl sites for hydroxylation is 1. The van der Waals surface area contributed by atoms with Crippen molar-refractivity contribution in [1.82, 2.24) is 0 Å². The summed E-state index contributed by atoms with van der Waals surface area (Å²) in [5, 5.41) is 9.39. The number of phenols is 1. The van der Waals surface area contributed by atoms with Gasteiger partial charge in [0.05, 0.1) is 11.4 Å². The lowest BCUT2D eigenvalue weighted by atomic mass is 10.0. The van der Waals surface area contributed by atoms with Crippen LogP contribution in [0.4, 0.5) is 5.69 Å². The number of benzene rings is 1. The number of aliphatic imine (C=N–C) groups is 1. The molecule has 2 rings (SSSR count). The van der Waals surface area contributed by atoms with Gasteiger partial charge in [-0.15, -0.1) is 0 Å². The largest absolute Gasteiger partial charge is 0.508 e. The van der Waals surface area contributed by atoms with Crippen LogP contribution >= 0.6 is 0 Å². The topological polar surface area (TPSA) is 32.6 Å². The molecule has 92 valence electrons. The maximum atomic E-state index is 9.39. The minimum Gasteiger partial charge on any atom is -0.508 e. The molecule has 0 saturated heterocycles. The van der Waals surface area contributed by atoms with E-state index in [1.165, 1.54) is 0 Å². The summed E-state index contributed by atoms with van der Waals surface area (Å²) in [4.78, 5) is 4.66. The van der Waals surface area contributed by atoms with Gasteiger partial charge in [0.2, 0.25) is 0 Å². The molecule has 0 unspecified atom stereocenters. The van der Waals surface area contributed by atoms with Crippen LogP contribution in [-0.2, 0) is 0 Å². The van der Waals surface area contributed by atoms with E-state index in [1.54, 1.807) is 12.1 Å². The second-order valence-electron chi connectivity index (χ2n) is 4.25. The van der Waals surface area contributed by atoms with Gasteiger partial charge in [-0.25, -0.2) is 4.99 Å². The molecule has 0 heterocycles. The lowest BCUT2D eigenvalue weighted by Gasteiger charge is -2.08. The van der Waals surface area contributed by atoms with E-state index in [9.17, 15) is 5.11 Å². The third-order valence-electron chi connectivity index (χ3n) is 2.78. The van der Waals surface area contributed by atoms with Gasteiger partial charge in [0.25, 0.3) is 0 Å². The van der Waals surface area contributed by atoms with Gasteiger partial charge in [-0.2, -0.15) is 0 Å². The van der Waals surface area contributed by atoms with Crippen molar-refractivity contribution in [3.63, 3.8) is 0 Å². The molecule has 0 aromatic heterocycles. The maximum Gasteiger partial charge on any atom is 0.115 e. The zero-order valence-electron chi connectivity index (χ0n) is 10.7. The van der Waals surface area contributed by atoms with E-state index >= 15 is 0 Å². The van der Waals surface area contributed by atoms with Crippen molar-refractivity contribution >= 4 is 11.4 Å². The van der Waals surface area contributed by atoms with E-state index in [0.29, 0.717) is 0 Å². The first kappa shape index (κ1) is 12.4. The van der Waals surface area contributed by atoms with Crippen LogP contribution in [0.2, 0.25) is 0 Å². The summed E-state index contributed by atoms with van der Waals surface area (Å²) in [6.07, 6.45) is 11.2. The van der Waals surface area contributed by atoms with Gasteiger partial charge in [-0.05, 0) is 48.8 Å². The molecule has 0 spiro atoms. The Labute approximate surface area is 108 Å². The predicted molar refractivity (Wildman–Crippen MR) is 76.6 cm³/mol. The number of nitrogens with zero attached hydrogens (tertiary/aromatic N) is 1. The number of hydrogen-bond acceptors (Lipinski definition) is 2. The Morgan fingerprint density at radius 1 is 1.22 bits per heavy atom. The number of rotatable bonds is 2. The van der Waals surface area contributed by atoms with Crippen LogP contribution in [0.3, 0.4) is 0 Å². The van der Waals surface area contributed by atoms with E-state index in [4.69, 9.17) is 0 Å². The Bertz CT molecular complexity index is 562. The summed E-state index contributed by atoms with van der Waals surface area (Å²) in [5.41, 5.74) is 3.98. The highest BCUT2D eigenvalue weighted by atomic mass is 16.3. The molecule has 2 nitrogen and oxygen atoms in total. The number of aromatic hydroxyl groups is 1. The van der Waals surface area contributed by atoms with Crippen LogP contribution in [0.25, 0.3) is 0 Å². The van der Waals surface area contributed by atoms with Crippen molar-refractivity contribution in [2.24, 2.45) is 4.99 Å². The molecule has 1 N–H and O–H groups in total. The standard InChI is InChI=1S/C16H17NO/c1-3-6-13-7-4-5-8-16(13)17-15-10-9-14(18)11-12(15)2/h4-11,18H,3H2,1-2H3/b13-6+,17-16?. The fraction of sp³-hybridized carbons (Fsp3) is 0.188. The Morgan fingerprint density at radius 3 is 2.72 bits per heavy atom. The summed E-state index contributed by atoms with van der Waals surface area (Å²) in [7, 11) is 0. The molecule has 0 saturated carbocycles. The Morgan fingerprint density at radius 2 is 2.00 bits per heavy atom.